The summed E-state index contributed by atoms with van der Waals surface area (Å²) in [4.78, 5) is 28.7. The van der Waals surface area contributed by atoms with Crippen LogP contribution in [-0.4, -0.2) is 23.3 Å². The molecule has 1 aliphatic rings. The van der Waals surface area contributed by atoms with Gasteiger partial charge in [0, 0.05) is 23.1 Å². The minimum absolute atomic E-state index is 0.172. The highest BCUT2D eigenvalue weighted by molar-refractivity contribution is 6.45. The Kier molecular flexibility index (Phi) is 4.57. The van der Waals surface area contributed by atoms with Gasteiger partial charge in [-0.05, 0) is 95.0 Å². The maximum atomic E-state index is 13.6. The molecule has 2 amide bonds. The molecular weight excluding hydrogens is 502 g/mol. The van der Waals surface area contributed by atoms with E-state index in [2.05, 4.69) is 73.7 Å². The Morgan fingerprint density at radius 3 is 1.76 bits per heavy atom. The average molecular weight is 530 g/mol. The van der Waals surface area contributed by atoms with Crippen LogP contribution < -0.4 is 0 Å². The van der Waals surface area contributed by atoms with Gasteiger partial charge in [-0.3, -0.25) is 14.5 Å². The van der Waals surface area contributed by atoms with Crippen LogP contribution in [0.4, 0.5) is 0 Å². The molecule has 8 aromatic carbocycles. The molecule has 3 heteroatoms. The van der Waals surface area contributed by atoms with Crippen LogP contribution >= 0.6 is 0 Å². The normalized spacial score (nSPS) is 14.0. The van der Waals surface area contributed by atoms with Crippen LogP contribution in [0.25, 0.3) is 75.8 Å². The first-order valence-electron chi connectivity index (χ1n) is 14.8. The van der Waals surface area contributed by atoms with Crippen LogP contribution in [0.5, 0.6) is 0 Å². The Hall–Kier alpha value is -4.76. The van der Waals surface area contributed by atoms with E-state index in [1.54, 1.807) is 0 Å². The van der Waals surface area contributed by atoms with Gasteiger partial charge in [0.25, 0.3) is 11.8 Å². The molecule has 1 aliphatic heterocycles. The zero-order valence-electron chi connectivity index (χ0n) is 22.9. The fourth-order valence-corrected chi connectivity index (χ4v) is 7.68. The van der Waals surface area contributed by atoms with E-state index in [0.717, 1.165) is 47.6 Å². The highest BCUT2D eigenvalue weighted by Crippen LogP contribution is 2.51. The third-order valence-corrected chi connectivity index (χ3v) is 9.54. The van der Waals surface area contributed by atoms with E-state index < -0.39 is 0 Å². The van der Waals surface area contributed by atoms with Crippen LogP contribution in [0, 0.1) is 0 Å². The third-order valence-electron chi connectivity index (χ3n) is 9.54. The van der Waals surface area contributed by atoms with Crippen molar-refractivity contribution in [1.29, 1.82) is 0 Å². The topological polar surface area (TPSA) is 37.4 Å². The van der Waals surface area contributed by atoms with Gasteiger partial charge in [0.05, 0.1) is 0 Å². The van der Waals surface area contributed by atoms with Gasteiger partial charge in [-0.15, -0.1) is 0 Å². The Morgan fingerprint density at radius 2 is 1.05 bits per heavy atom. The van der Waals surface area contributed by atoms with Crippen molar-refractivity contribution in [2.45, 2.75) is 32.6 Å². The van der Waals surface area contributed by atoms with Crippen LogP contribution in [0.1, 0.15) is 53.3 Å². The van der Waals surface area contributed by atoms with Gasteiger partial charge in [0.1, 0.15) is 0 Å². The quantitative estimate of drug-likeness (QED) is 0.122. The zero-order chi connectivity index (χ0) is 27.4. The molecule has 0 atom stereocenters. The molecule has 0 unspecified atom stereocenters. The predicted octanol–water partition coefficient (Wildman–Crippen LogP) is 9.76. The van der Waals surface area contributed by atoms with Crippen molar-refractivity contribution in [1.82, 2.24) is 4.90 Å². The van der Waals surface area contributed by atoms with E-state index in [1.165, 1.54) is 58.8 Å². The first kappa shape index (κ1) is 23.0. The maximum absolute atomic E-state index is 13.6. The van der Waals surface area contributed by atoms with Crippen molar-refractivity contribution in [3.63, 3.8) is 0 Å². The second-order valence-electron chi connectivity index (χ2n) is 11.7. The molecule has 1 heterocycles. The summed E-state index contributed by atoms with van der Waals surface area (Å²) in [5, 5.41) is 14.7. The Morgan fingerprint density at radius 1 is 0.488 bits per heavy atom. The van der Waals surface area contributed by atoms with Gasteiger partial charge < -0.3 is 0 Å². The van der Waals surface area contributed by atoms with Gasteiger partial charge in [0.2, 0.25) is 0 Å². The standard InChI is InChI=1S/C38H27NO2/c1-2-3-4-5-19-39-37(40)28-8-6-7-26-25(17-18-29(35(26)28)38(39)41)30-20-24-14-13-22-10-9-21-11-12-23-15-16-27(30)36-33(23)31(21)32(22)34(24)36/h6-18,20H,2-5,19H2,1H3. The minimum atomic E-state index is -0.172. The molecule has 3 nitrogen and oxygen atoms in total. The van der Waals surface area contributed by atoms with E-state index in [4.69, 9.17) is 0 Å². The predicted molar refractivity (Wildman–Crippen MR) is 170 cm³/mol. The van der Waals surface area contributed by atoms with E-state index >= 15 is 0 Å². The lowest BCUT2D eigenvalue weighted by atomic mass is 9.86. The minimum Gasteiger partial charge on any atom is -0.274 e. The van der Waals surface area contributed by atoms with E-state index in [-0.39, 0.29) is 11.8 Å². The van der Waals surface area contributed by atoms with Crippen molar-refractivity contribution in [2.75, 3.05) is 6.54 Å². The molecule has 0 aliphatic carbocycles. The molecule has 0 fully saturated rings. The first-order chi connectivity index (χ1) is 20.2. The van der Waals surface area contributed by atoms with Gasteiger partial charge in [-0.2, -0.15) is 0 Å². The monoisotopic (exact) mass is 529 g/mol. The molecular formula is C38H27NO2. The Balaban J connectivity index is 1.31. The molecule has 0 radical (unpaired) electrons. The summed E-state index contributed by atoms with van der Waals surface area (Å²) >= 11 is 0. The van der Waals surface area contributed by atoms with Crippen molar-refractivity contribution >= 4 is 76.4 Å². The van der Waals surface area contributed by atoms with Gasteiger partial charge in [-0.25, -0.2) is 0 Å². The van der Waals surface area contributed by atoms with Crippen LogP contribution in [0.15, 0.2) is 84.9 Å². The number of benzene rings is 7. The molecule has 0 saturated carbocycles. The summed E-state index contributed by atoms with van der Waals surface area (Å²) in [6, 6.07) is 30.2. The van der Waals surface area contributed by atoms with Crippen molar-refractivity contribution in [3.8, 4) is 11.1 Å². The fraction of sp³-hybridized carbons (Fsp3) is 0.158. The lowest BCUT2D eigenvalue weighted by molar-refractivity contribution is 0.0608. The third kappa shape index (κ3) is 2.88. The summed E-state index contributed by atoms with van der Waals surface area (Å²) in [5.41, 5.74) is 3.46. The van der Waals surface area contributed by atoms with Crippen LogP contribution in [-0.2, 0) is 0 Å². The van der Waals surface area contributed by atoms with E-state index in [0.29, 0.717) is 17.7 Å². The summed E-state index contributed by atoms with van der Waals surface area (Å²) in [6.45, 7) is 2.64. The lowest BCUT2D eigenvalue weighted by Gasteiger charge is -2.28. The molecule has 41 heavy (non-hydrogen) atoms. The second kappa shape index (κ2) is 8.14. The number of carbonyl (C=O) groups is 2. The fourth-order valence-electron chi connectivity index (χ4n) is 7.68. The first-order valence-corrected chi connectivity index (χ1v) is 14.8. The molecule has 8 aromatic rings. The zero-order valence-corrected chi connectivity index (χ0v) is 22.9. The SMILES string of the molecule is CCCCCCN1C(=O)c2cccc3c(-c4cc5ccc6ccc7ccc8ccc4c4c8c7c6c54)ccc(c23)C1=O. The summed E-state index contributed by atoms with van der Waals surface area (Å²) in [6.07, 6.45) is 4.10. The molecule has 0 aromatic heterocycles. The van der Waals surface area contributed by atoms with Crippen LogP contribution in [0.2, 0.25) is 0 Å². The second-order valence-corrected chi connectivity index (χ2v) is 11.7. The Labute approximate surface area is 237 Å². The van der Waals surface area contributed by atoms with Gasteiger partial charge >= 0.3 is 0 Å². The number of amides is 2. The van der Waals surface area contributed by atoms with E-state index in [9.17, 15) is 9.59 Å². The van der Waals surface area contributed by atoms with Crippen molar-refractivity contribution in [2.24, 2.45) is 0 Å². The maximum Gasteiger partial charge on any atom is 0.261 e. The number of hydrogen-bond donors (Lipinski definition) is 0. The summed E-state index contributed by atoms with van der Waals surface area (Å²) in [5.74, 6) is -0.344. The number of unbranched alkanes of at least 4 members (excludes halogenated alkanes) is 3. The molecule has 9 rings (SSSR count). The number of nitrogens with zero attached hydrogens (tertiary/aromatic N) is 1. The summed E-state index contributed by atoms with van der Waals surface area (Å²) < 4.78 is 0. The van der Waals surface area contributed by atoms with Gasteiger partial charge in [0.15, 0.2) is 0 Å². The van der Waals surface area contributed by atoms with Crippen LogP contribution in [0.3, 0.4) is 0 Å². The molecule has 0 spiro atoms. The number of hydrogen-bond acceptors (Lipinski definition) is 2. The van der Waals surface area contributed by atoms with Crippen molar-refractivity contribution in [3.05, 3.63) is 96.1 Å². The van der Waals surface area contributed by atoms with Crippen molar-refractivity contribution < 1.29 is 9.59 Å². The average Bonchev–Trinajstić information content (AvgIpc) is 3.38. The largest absolute Gasteiger partial charge is 0.274 e. The lowest BCUT2D eigenvalue weighted by Crippen LogP contribution is -2.40. The summed E-state index contributed by atoms with van der Waals surface area (Å²) in [7, 11) is 0. The molecule has 0 N–H and O–H groups in total. The van der Waals surface area contributed by atoms with E-state index in [1.807, 2.05) is 18.2 Å². The van der Waals surface area contributed by atoms with Gasteiger partial charge in [-0.1, -0.05) is 92.9 Å². The highest BCUT2D eigenvalue weighted by atomic mass is 16.2. The number of rotatable bonds is 6. The Bertz CT molecular complexity index is 2280. The molecule has 0 bridgehead atoms. The molecule has 0 saturated heterocycles. The number of imide groups is 1. The smallest absolute Gasteiger partial charge is 0.261 e. The molecule has 196 valence electrons. The highest BCUT2D eigenvalue weighted by Gasteiger charge is 2.33. The number of carbonyl (C=O) groups excluding carboxylic acids is 2.